The van der Waals surface area contributed by atoms with E-state index in [2.05, 4.69) is 12.2 Å². The molecular formula is C30H32ClFN4O2. The third-order valence-electron chi connectivity index (χ3n) is 10.5. The minimum Gasteiger partial charge on any atom is -0.363 e. The first-order chi connectivity index (χ1) is 18.1. The molecule has 0 aliphatic heterocycles. The number of anilines is 1. The average Bonchev–Trinajstić information content (AvgIpc) is 3.18. The van der Waals surface area contributed by atoms with Crippen LogP contribution in [0.2, 0.25) is 5.02 Å². The van der Waals surface area contributed by atoms with Gasteiger partial charge in [0.25, 0.3) is 5.91 Å². The number of hydrogen-bond acceptors (Lipinski definition) is 4. The van der Waals surface area contributed by atoms with Gasteiger partial charge in [0.1, 0.15) is 17.2 Å². The van der Waals surface area contributed by atoms with Gasteiger partial charge in [-0.15, -0.1) is 0 Å². The molecule has 0 saturated heterocycles. The summed E-state index contributed by atoms with van der Waals surface area (Å²) < 4.78 is 15.5. The maximum absolute atomic E-state index is 14.0. The highest BCUT2D eigenvalue weighted by atomic mass is 35.5. The molecule has 2 bridgehead atoms. The van der Waals surface area contributed by atoms with E-state index >= 15 is 0 Å². The quantitative estimate of drug-likeness (QED) is 0.454. The van der Waals surface area contributed by atoms with Gasteiger partial charge in [0, 0.05) is 25.8 Å². The Bertz CT molecular complexity index is 1590. The van der Waals surface area contributed by atoms with E-state index in [1.807, 2.05) is 19.0 Å². The zero-order valence-electron chi connectivity index (χ0n) is 22.0. The molecule has 5 atom stereocenters. The highest BCUT2D eigenvalue weighted by Gasteiger charge is 2.80. The van der Waals surface area contributed by atoms with Gasteiger partial charge >= 0.3 is 0 Å². The van der Waals surface area contributed by atoms with Gasteiger partial charge in [0.05, 0.1) is 16.1 Å². The zero-order valence-corrected chi connectivity index (χ0v) is 22.7. The van der Waals surface area contributed by atoms with Gasteiger partial charge in [0.15, 0.2) is 5.65 Å². The van der Waals surface area contributed by atoms with Crippen LogP contribution < -0.4 is 15.6 Å². The number of nitrogens with one attached hydrogen (secondary N) is 1. The summed E-state index contributed by atoms with van der Waals surface area (Å²) in [6.45, 7) is 2.29. The highest BCUT2D eigenvalue weighted by molar-refractivity contribution is 6.32. The van der Waals surface area contributed by atoms with E-state index < -0.39 is 5.82 Å². The van der Waals surface area contributed by atoms with Gasteiger partial charge in [-0.05, 0) is 91.5 Å². The average molecular weight is 535 g/mol. The molecule has 1 aromatic carbocycles. The maximum atomic E-state index is 14.0. The molecule has 198 valence electrons. The first-order valence-electron chi connectivity index (χ1n) is 13.6. The number of hydrogen-bond donors (Lipinski definition) is 1. The van der Waals surface area contributed by atoms with Gasteiger partial charge in [-0.1, -0.05) is 24.9 Å². The van der Waals surface area contributed by atoms with Crippen molar-refractivity contribution in [2.24, 2.45) is 22.7 Å². The molecule has 4 aliphatic carbocycles. The van der Waals surface area contributed by atoms with Crippen molar-refractivity contribution in [2.75, 3.05) is 19.0 Å². The van der Waals surface area contributed by atoms with Gasteiger partial charge in [0.2, 0.25) is 5.43 Å². The summed E-state index contributed by atoms with van der Waals surface area (Å²) in [7, 11) is 3.73. The molecule has 3 aromatic rings. The maximum Gasteiger partial charge on any atom is 0.257 e. The molecule has 4 fully saturated rings. The second-order valence-electron chi connectivity index (χ2n) is 12.5. The van der Waals surface area contributed by atoms with E-state index in [9.17, 15) is 14.0 Å². The minimum atomic E-state index is -0.464. The Kier molecular flexibility index (Phi) is 4.96. The Hall–Kier alpha value is -2.93. The molecule has 1 spiro atoms. The molecule has 0 radical (unpaired) electrons. The van der Waals surface area contributed by atoms with Crippen LogP contribution in [0.4, 0.5) is 10.2 Å². The summed E-state index contributed by atoms with van der Waals surface area (Å²) in [5.41, 5.74) is 0.807. The summed E-state index contributed by atoms with van der Waals surface area (Å²) >= 11 is 6.46. The predicted molar refractivity (Wildman–Crippen MR) is 147 cm³/mol. The van der Waals surface area contributed by atoms with Gasteiger partial charge in [-0.25, -0.2) is 9.37 Å². The minimum absolute atomic E-state index is 0.0618. The molecule has 5 unspecified atom stereocenters. The van der Waals surface area contributed by atoms with E-state index in [4.69, 9.17) is 16.6 Å². The van der Waals surface area contributed by atoms with Crippen LogP contribution in [0.25, 0.3) is 16.7 Å². The lowest BCUT2D eigenvalue weighted by Gasteiger charge is -2.41. The Labute approximate surface area is 226 Å². The second kappa shape index (κ2) is 7.81. The van der Waals surface area contributed by atoms with Crippen LogP contribution in [-0.4, -0.2) is 35.1 Å². The van der Waals surface area contributed by atoms with Crippen molar-refractivity contribution in [2.45, 2.75) is 57.4 Å². The number of carbonyl (C=O) groups excluding carboxylic acids is 1. The number of nitrogens with zero attached hydrogens (tertiary/aromatic N) is 3. The van der Waals surface area contributed by atoms with E-state index in [0.29, 0.717) is 33.9 Å². The molecule has 1 amide bonds. The Morgan fingerprint density at radius 3 is 2.79 bits per heavy atom. The van der Waals surface area contributed by atoms with Gasteiger partial charge in [-0.2, -0.15) is 0 Å². The lowest BCUT2D eigenvalue weighted by Crippen LogP contribution is -2.49. The van der Waals surface area contributed by atoms with Crippen LogP contribution in [0, 0.1) is 28.5 Å². The van der Waals surface area contributed by atoms with Crippen molar-refractivity contribution in [3.8, 4) is 5.69 Å². The van der Waals surface area contributed by atoms with E-state index in [1.54, 1.807) is 22.8 Å². The van der Waals surface area contributed by atoms with Crippen LogP contribution in [0.15, 0.2) is 41.3 Å². The van der Waals surface area contributed by atoms with Crippen LogP contribution in [-0.2, 0) is 0 Å². The summed E-state index contributed by atoms with van der Waals surface area (Å²) in [6, 6.07) is 7.55. The third-order valence-corrected chi connectivity index (χ3v) is 10.8. The van der Waals surface area contributed by atoms with Crippen LogP contribution >= 0.6 is 11.6 Å². The number of aromatic nitrogens is 2. The second-order valence-corrected chi connectivity index (χ2v) is 12.9. The normalized spacial score (nSPS) is 32.3. The largest absolute Gasteiger partial charge is 0.363 e. The predicted octanol–water partition coefficient (Wildman–Crippen LogP) is 5.72. The Morgan fingerprint density at radius 2 is 2.05 bits per heavy atom. The number of fused-ring (bicyclic) bond motifs is 2. The van der Waals surface area contributed by atoms with Crippen molar-refractivity contribution in [3.63, 3.8) is 0 Å². The molecular weight excluding hydrogens is 503 g/mol. The first kappa shape index (κ1) is 24.1. The van der Waals surface area contributed by atoms with E-state index in [1.165, 1.54) is 44.0 Å². The van der Waals surface area contributed by atoms with Crippen molar-refractivity contribution >= 4 is 34.4 Å². The highest BCUT2D eigenvalue weighted by Crippen LogP contribution is 2.82. The van der Waals surface area contributed by atoms with Gasteiger partial charge < -0.3 is 10.2 Å². The van der Waals surface area contributed by atoms with Crippen LogP contribution in [0.1, 0.15) is 62.2 Å². The van der Waals surface area contributed by atoms with Crippen LogP contribution in [0.5, 0.6) is 0 Å². The Balaban J connectivity index is 1.34. The first-order valence-corrected chi connectivity index (χ1v) is 14.0. The number of pyridine rings is 2. The fourth-order valence-corrected chi connectivity index (χ4v) is 8.96. The molecule has 7 rings (SSSR count). The van der Waals surface area contributed by atoms with Crippen molar-refractivity contribution in [1.82, 2.24) is 14.9 Å². The molecule has 4 aliphatic rings. The topological polar surface area (TPSA) is 67.2 Å². The molecule has 2 heterocycles. The number of rotatable bonds is 5. The number of amides is 1. The SMILES string of the molecule is CCC12CC3CCC4(CC4(NC(=O)c4cn(-c5ccc(F)cc5Cl)c5nc(N(C)C)ccc5c4=O)C1)C3C2. The van der Waals surface area contributed by atoms with E-state index in [0.717, 1.165) is 25.2 Å². The summed E-state index contributed by atoms with van der Waals surface area (Å²) in [5.74, 6) is 1.32. The van der Waals surface area contributed by atoms with Crippen molar-refractivity contribution in [3.05, 3.63) is 63.2 Å². The third kappa shape index (κ3) is 3.14. The molecule has 6 nitrogen and oxygen atoms in total. The molecule has 8 heteroatoms. The summed E-state index contributed by atoms with van der Waals surface area (Å²) in [5, 5.41) is 3.92. The smallest absolute Gasteiger partial charge is 0.257 e. The van der Waals surface area contributed by atoms with Crippen LogP contribution in [0.3, 0.4) is 0 Å². The molecule has 4 saturated carbocycles. The standard InChI is InChI=1S/C30H32ClFN4O2/c1-4-28-12-17-9-10-29(21(17)13-28)16-30(29,15-28)34-27(38)20-14-36(23-7-5-18(32)11-22(23)31)26-19(25(20)37)6-8-24(33-26)35(2)3/h5-8,11,14,17,21H,4,9-10,12-13,15-16H2,1-3H3,(H,34,38). The summed E-state index contributed by atoms with van der Waals surface area (Å²) in [6.07, 6.45) is 9.70. The number of carbonyl (C=O) groups is 1. The number of halogens is 2. The lowest BCUT2D eigenvalue weighted by atomic mass is 9.67. The van der Waals surface area contributed by atoms with Crippen molar-refractivity contribution < 1.29 is 9.18 Å². The zero-order chi connectivity index (χ0) is 26.6. The van der Waals surface area contributed by atoms with Crippen molar-refractivity contribution in [1.29, 1.82) is 0 Å². The summed E-state index contributed by atoms with van der Waals surface area (Å²) in [4.78, 5) is 34.2. The van der Waals surface area contributed by atoms with E-state index in [-0.39, 0.29) is 32.9 Å². The lowest BCUT2D eigenvalue weighted by molar-refractivity contribution is 0.0788. The molecule has 2 aromatic heterocycles. The molecule has 38 heavy (non-hydrogen) atoms. The van der Waals surface area contributed by atoms with Gasteiger partial charge in [-0.3, -0.25) is 14.2 Å². The fraction of sp³-hybridized carbons (Fsp3) is 0.500. The Morgan fingerprint density at radius 1 is 1.24 bits per heavy atom. The number of benzene rings is 1. The monoisotopic (exact) mass is 534 g/mol. The fourth-order valence-electron chi connectivity index (χ4n) is 8.70. The molecule has 1 N–H and O–H groups in total.